The SMILES string of the molecule is CC(C)(C)C(C)(C)OB(O)C(B1OC(C)(C)C(C)(C)O1)C(CCCCCBr)(B1OC(C)(C)C(C)(C)O1)B1OC(C)(C)C(C)(C)O1. The van der Waals surface area contributed by atoms with Crippen LogP contribution in [0.25, 0.3) is 0 Å². The fraction of sp³-hybridized carbons (Fsp3) is 1.00. The Morgan fingerprint density at radius 1 is 0.622 bits per heavy atom. The van der Waals surface area contributed by atoms with Gasteiger partial charge in [0.1, 0.15) is 0 Å². The van der Waals surface area contributed by atoms with Crippen LogP contribution in [-0.4, -0.2) is 78.0 Å². The molecule has 0 aromatic rings. The van der Waals surface area contributed by atoms with Gasteiger partial charge in [-0.05, 0) is 109 Å². The molecule has 3 aliphatic rings. The van der Waals surface area contributed by atoms with E-state index in [2.05, 4.69) is 36.7 Å². The zero-order valence-electron chi connectivity index (χ0n) is 31.6. The molecule has 13 heteroatoms. The van der Waals surface area contributed by atoms with Gasteiger partial charge in [-0.15, -0.1) is 0 Å². The molecule has 8 nitrogen and oxygen atoms in total. The molecule has 3 aliphatic heterocycles. The second kappa shape index (κ2) is 12.6. The Hall–Kier alpha value is 0.420. The Morgan fingerprint density at radius 3 is 1.31 bits per heavy atom. The molecule has 3 saturated heterocycles. The average molecular weight is 699 g/mol. The van der Waals surface area contributed by atoms with Crippen molar-refractivity contribution < 1.29 is 37.6 Å². The molecular formula is C32H63B4BrO8. The second-order valence-electron chi connectivity index (χ2n) is 18.2. The lowest BCUT2D eigenvalue weighted by Crippen LogP contribution is -2.60. The highest BCUT2D eigenvalue weighted by Gasteiger charge is 2.76. The van der Waals surface area contributed by atoms with Crippen molar-refractivity contribution >= 4 is 44.4 Å². The second-order valence-corrected chi connectivity index (χ2v) is 19.0. The first kappa shape index (κ1) is 39.9. The van der Waals surface area contributed by atoms with E-state index in [9.17, 15) is 5.02 Å². The Morgan fingerprint density at radius 2 is 0.978 bits per heavy atom. The highest BCUT2D eigenvalue weighted by atomic mass is 79.9. The van der Waals surface area contributed by atoms with Crippen LogP contribution in [0.3, 0.4) is 0 Å². The van der Waals surface area contributed by atoms with Gasteiger partial charge in [-0.1, -0.05) is 56.0 Å². The minimum absolute atomic E-state index is 0.290. The normalized spacial score (nSPS) is 26.1. The summed E-state index contributed by atoms with van der Waals surface area (Å²) in [5.74, 6) is 0. The van der Waals surface area contributed by atoms with Gasteiger partial charge in [0.15, 0.2) is 0 Å². The Bertz CT molecular complexity index is 959. The van der Waals surface area contributed by atoms with E-state index in [0.29, 0.717) is 6.42 Å². The maximum Gasteiger partial charge on any atom is 0.461 e. The van der Waals surface area contributed by atoms with E-state index in [0.717, 1.165) is 24.6 Å². The summed E-state index contributed by atoms with van der Waals surface area (Å²) in [5, 5.41) is 12.4. The largest absolute Gasteiger partial charge is 0.461 e. The molecule has 0 aromatic carbocycles. The summed E-state index contributed by atoms with van der Waals surface area (Å²) in [6, 6.07) is 0. The van der Waals surface area contributed by atoms with Crippen LogP contribution < -0.4 is 0 Å². The number of rotatable bonds is 12. The molecule has 3 fully saturated rings. The smallest absolute Gasteiger partial charge is 0.427 e. The maximum absolute atomic E-state index is 12.6. The monoisotopic (exact) mass is 698 g/mol. The Balaban J connectivity index is 2.35. The van der Waals surface area contributed by atoms with E-state index in [4.69, 9.17) is 32.6 Å². The first-order valence-electron chi connectivity index (χ1n) is 17.0. The standard InChI is InChI=1S/C32H63B4BrO8/c1-24(2,3)25(4,5)39-33(38)23(34-40-26(6,7)27(8,9)41-34)32(21-19-18-20-22-37,35-42-28(10,11)29(12,13)43-35)36-44-30(14,15)31(16,17)45-36/h23,38H,18-22H2,1-17H3. The van der Waals surface area contributed by atoms with Gasteiger partial charge >= 0.3 is 28.5 Å². The molecule has 3 heterocycles. The third-order valence-electron chi connectivity index (χ3n) is 12.3. The molecule has 0 amide bonds. The molecule has 0 aromatic heterocycles. The summed E-state index contributed by atoms with van der Waals surface area (Å²) >= 11 is 3.61. The molecule has 1 N–H and O–H groups in total. The number of hydrogen-bond acceptors (Lipinski definition) is 8. The maximum atomic E-state index is 12.6. The van der Waals surface area contributed by atoms with Crippen molar-refractivity contribution in [3.05, 3.63) is 0 Å². The summed E-state index contributed by atoms with van der Waals surface area (Å²) in [7, 11) is -3.89. The van der Waals surface area contributed by atoms with Crippen molar-refractivity contribution in [3.63, 3.8) is 0 Å². The summed E-state index contributed by atoms with van der Waals surface area (Å²) in [4.78, 5) is 0. The van der Waals surface area contributed by atoms with E-state index in [-0.39, 0.29) is 5.41 Å². The summed E-state index contributed by atoms with van der Waals surface area (Å²) in [6.07, 6.45) is 3.32. The average Bonchev–Trinajstić information content (AvgIpc) is 3.28. The summed E-state index contributed by atoms with van der Waals surface area (Å²) < 4.78 is 48.2. The van der Waals surface area contributed by atoms with E-state index in [1.54, 1.807) is 0 Å². The van der Waals surface area contributed by atoms with Crippen molar-refractivity contribution in [1.82, 2.24) is 0 Å². The van der Waals surface area contributed by atoms with Crippen LogP contribution in [0.15, 0.2) is 0 Å². The van der Waals surface area contributed by atoms with E-state index < -0.39 is 78.6 Å². The minimum Gasteiger partial charge on any atom is -0.427 e. The van der Waals surface area contributed by atoms with E-state index in [1.807, 2.05) is 96.9 Å². The highest BCUT2D eigenvalue weighted by molar-refractivity contribution is 9.09. The van der Waals surface area contributed by atoms with Crippen molar-refractivity contribution in [1.29, 1.82) is 0 Å². The number of halogens is 1. The first-order chi connectivity index (χ1) is 20.0. The lowest BCUT2D eigenvalue weighted by atomic mass is 9.22. The molecule has 258 valence electrons. The third kappa shape index (κ3) is 7.33. The molecule has 1 unspecified atom stereocenters. The fourth-order valence-electron chi connectivity index (χ4n) is 5.90. The predicted molar refractivity (Wildman–Crippen MR) is 190 cm³/mol. The van der Waals surface area contributed by atoms with Crippen LogP contribution in [0, 0.1) is 5.41 Å². The Labute approximate surface area is 285 Å². The van der Waals surface area contributed by atoms with Crippen LogP contribution >= 0.6 is 15.9 Å². The van der Waals surface area contributed by atoms with Gasteiger partial charge in [0, 0.05) is 16.3 Å². The van der Waals surface area contributed by atoms with Crippen molar-refractivity contribution in [2.75, 3.05) is 5.33 Å². The fourth-order valence-corrected chi connectivity index (χ4v) is 6.29. The highest BCUT2D eigenvalue weighted by Crippen LogP contribution is 2.62. The number of unbranched alkanes of at least 4 members (excludes halogenated alkanes) is 2. The molecule has 3 rings (SSSR count). The topological polar surface area (TPSA) is 84.8 Å². The van der Waals surface area contributed by atoms with Crippen LogP contribution in [0.2, 0.25) is 10.9 Å². The molecule has 0 radical (unpaired) electrons. The summed E-state index contributed by atoms with van der Waals surface area (Å²) in [5.41, 5.74) is -5.78. The zero-order valence-corrected chi connectivity index (χ0v) is 33.2. The molecule has 0 saturated carbocycles. The van der Waals surface area contributed by atoms with Crippen LogP contribution in [-0.2, 0) is 32.6 Å². The molecular weight excluding hydrogens is 635 g/mol. The molecule has 0 aliphatic carbocycles. The van der Waals surface area contributed by atoms with Crippen molar-refractivity contribution in [2.24, 2.45) is 5.41 Å². The molecule has 0 bridgehead atoms. The van der Waals surface area contributed by atoms with Crippen molar-refractivity contribution in [3.8, 4) is 0 Å². The van der Waals surface area contributed by atoms with Crippen molar-refractivity contribution in [2.45, 2.75) is 194 Å². The number of hydrogen-bond donors (Lipinski definition) is 1. The van der Waals surface area contributed by atoms with E-state index >= 15 is 0 Å². The molecule has 0 spiro atoms. The number of alkyl halides is 1. The van der Waals surface area contributed by atoms with Gasteiger partial charge in [0.2, 0.25) is 0 Å². The third-order valence-corrected chi connectivity index (χ3v) is 12.9. The van der Waals surface area contributed by atoms with Gasteiger partial charge in [-0.3, -0.25) is 0 Å². The minimum atomic E-state index is -1.34. The van der Waals surface area contributed by atoms with Gasteiger partial charge in [0.25, 0.3) is 0 Å². The molecule has 1 atom stereocenters. The van der Waals surface area contributed by atoms with Crippen LogP contribution in [0.1, 0.15) is 143 Å². The Kier molecular flexibility index (Phi) is 11.2. The lowest BCUT2D eigenvalue weighted by molar-refractivity contribution is -0.0188. The van der Waals surface area contributed by atoms with Gasteiger partial charge in [-0.2, -0.15) is 0 Å². The van der Waals surface area contributed by atoms with Crippen LogP contribution in [0.4, 0.5) is 0 Å². The van der Waals surface area contributed by atoms with Gasteiger partial charge < -0.3 is 37.6 Å². The van der Waals surface area contributed by atoms with Gasteiger partial charge in [0.05, 0.1) is 39.2 Å². The van der Waals surface area contributed by atoms with Crippen LogP contribution in [0.5, 0.6) is 0 Å². The quantitative estimate of drug-likeness (QED) is 0.126. The zero-order chi connectivity index (χ0) is 34.9. The lowest BCUT2D eigenvalue weighted by Gasteiger charge is -2.47. The molecule has 45 heavy (non-hydrogen) atoms. The summed E-state index contributed by atoms with van der Waals surface area (Å²) in [6.45, 7) is 34.8. The first-order valence-corrected chi connectivity index (χ1v) is 18.1. The van der Waals surface area contributed by atoms with Gasteiger partial charge in [-0.25, -0.2) is 0 Å². The van der Waals surface area contributed by atoms with E-state index in [1.165, 1.54) is 0 Å². The predicted octanol–water partition coefficient (Wildman–Crippen LogP) is 7.73.